The number of piperidine rings is 1. The van der Waals surface area contributed by atoms with Crippen molar-refractivity contribution in [3.05, 3.63) is 35.9 Å². The molecule has 2 rings (SSSR count). The van der Waals surface area contributed by atoms with Crippen LogP contribution < -0.4 is 10.6 Å². The van der Waals surface area contributed by atoms with Gasteiger partial charge < -0.3 is 20.1 Å². The van der Waals surface area contributed by atoms with Crippen LogP contribution in [0.1, 0.15) is 25.3 Å². The van der Waals surface area contributed by atoms with Crippen LogP contribution in [-0.4, -0.2) is 45.4 Å². The van der Waals surface area contributed by atoms with Crippen LogP contribution in [0.15, 0.2) is 30.3 Å². The van der Waals surface area contributed by atoms with Gasteiger partial charge >= 0.3 is 0 Å². The maximum absolute atomic E-state index is 12.7. The minimum Gasteiger partial charge on any atom is -0.384 e. The molecule has 136 valence electrons. The first-order valence-electron chi connectivity index (χ1n) is 8.28. The van der Waals surface area contributed by atoms with Crippen molar-refractivity contribution in [2.45, 2.75) is 32.4 Å². The zero-order chi connectivity index (χ0) is 16.5. The highest BCUT2D eigenvalue weighted by molar-refractivity contribution is 5.85. The minimum atomic E-state index is -0.409. The molecule has 0 bridgehead atoms. The molecule has 1 amide bonds. The molecule has 1 unspecified atom stereocenters. The highest BCUT2D eigenvalue weighted by atomic mass is 35.5. The summed E-state index contributed by atoms with van der Waals surface area (Å²) in [6.45, 7) is 5.23. The Morgan fingerprint density at radius 2 is 1.96 bits per heavy atom. The van der Waals surface area contributed by atoms with Gasteiger partial charge in [-0.1, -0.05) is 30.3 Å². The van der Waals surface area contributed by atoms with Gasteiger partial charge in [0.15, 0.2) is 0 Å². The zero-order valence-electron chi connectivity index (χ0n) is 14.5. The summed E-state index contributed by atoms with van der Waals surface area (Å²) >= 11 is 0. The van der Waals surface area contributed by atoms with E-state index in [1.54, 1.807) is 7.11 Å². The Bertz CT molecular complexity index is 473. The second kappa shape index (κ2) is 10.7. The molecule has 0 saturated carbocycles. The van der Waals surface area contributed by atoms with Crippen LogP contribution in [0.25, 0.3) is 0 Å². The Kier molecular flexibility index (Phi) is 9.29. The summed E-state index contributed by atoms with van der Waals surface area (Å²) in [6, 6.07) is 10.0. The summed E-state index contributed by atoms with van der Waals surface area (Å²) in [4.78, 5) is 12.7. The quantitative estimate of drug-likeness (QED) is 0.749. The van der Waals surface area contributed by atoms with E-state index in [1.165, 1.54) is 0 Å². The standard InChI is InChI=1S/C18H28N2O3.ClH/c1-15(12-23-13-16-6-4-3-5-7-16)20-17(21)18(14-22-2)8-10-19-11-9-18;/h3-7,15,19H,8-14H2,1-2H3,(H,20,21);1H. The smallest absolute Gasteiger partial charge is 0.228 e. The lowest BCUT2D eigenvalue weighted by molar-refractivity contribution is -0.137. The second-order valence-electron chi connectivity index (χ2n) is 6.34. The zero-order valence-corrected chi connectivity index (χ0v) is 15.4. The number of hydrogen-bond donors (Lipinski definition) is 2. The van der Waals surface area contributed by atoms with Crippen molar-refractivity contribution in [3.63, 3.8) is 0 Å². The van der Waals surface area contributed by atoms with E-state index in [4.69, 9.17) is 9.47 Å². The minimum absolute atomic E-state index is 0. The van der Waals surface area contributed by atoms with Crippen molar-refractivity contribution in [2.24, 2.45) is 5.41 Å². The van der Waals surface area contributed by atoms with E-state index in [2.05, 4.69) is 10.6 Å². The molecule has 0 aromatic heterocycles. The first-order chi connectivity index (χ1) is 11.2. The highest BCUT2D eigenvalue weighted by Crippen LogP contribution is 2.29. The number of ether oxygens (including phenoxy) is 2. The highest BCUT2D eigenvalue weighted by Gasteiger charge is 2.39. The normalized spacial score (nSPS) is 17.6. The second-order valence-corrected chi connectivity index (χ2v) is 6.34. The number of methoxy groups -OCH3 is 1. The van der Waals surface area contributed by atoms with Gasteiger partial charge in [0.1, 0.15) is 0 Å². The molecule has 1 saturated heterocycles. The number of nitrogens with one attached hydrogen (secondary N) is 2. The van der Waals surface area contributed by atoms with E-state index in [1.807, 2.05) is 37.3 Å². The Morgan fingerprint density at radius 3 is 2.58 bits per heavy atom. The maximum Gasteiger partial charge on any atom is 0.228 e. The van der Waals surface area contributed by atoms with E-state index in [-0.39, 0.29) is 24.4 Å². The van der Waals surface area contributed by atoms with Crippen LogP contribution in [0.4, 0.5) is 0 Å². The SMILES string of the molecule is COCC1(C(=O)NC(C)COCc2ccccc2)CCNCC1.Cl. The van der Waals surface area contributed by atoms with Crippen molar-refractivity contribution in [1.82, 2.24) is 10.6 Å². The monoisotopic (exact) mass is 356 g/mol. The van der Waals surface area contributed by atoms with Crippen LogP contribution in [0.2, 0.25) is 0 Å². The van der Waals surface area contributed by atoms with Gasteiger partial charge in [-0.05, 0) is 38.4 Å². The molecule has 1 aromatic rings. The third-order valence-electron chi connectivity index (χ3n) is 4.32. The summed E-state index contributed by atoms with van der Waals surface area (Å²) in [7, 11) is 1.66. The van der Waals surface area contributed by atoms with Gasteiger partial charge in [-0.3, -0.25) is 4.79 Å². The fraction of sp³-hybridized carbons (Fsp3) is 0.611. The van der Waals surface area contributed by atoms with Crippen molar-refractivity contribution >= 4 is 18.3 Å². The van der Waals surface area contributed by atoms with Gasteiger partial charge in [-0.25, -0.2) is 0 Å². The topological polar surface area (TPSA) is 59.6 Å². The van der Waals surface area contributed by atoms with Gasteiger partial charge in [-0.15, -0.1) is 12.4 Å². The van der Waals surface area contributed by atoms with Crippen LogP contribution in [0, 0.1) is 5.41 Å². The number of carbonyl (C=O) groups is 1. The predicted octanol–water partition coefficient (Wildman–Crippen LogP) is 2.15. The molecule has 24 heavy (non-hydrogen) atoms. The molecule has 0 aliphatic carbocycles. The third-order valence-corrected chi connectivity index (χ3v) is 4.32. The fourth-order valence-electron chi connectivity index (χ4n) is 2.96. The lowest BCUT2D eigenvalue weighted by atomic mass is 9.78. The Balaban J connectivity index is 0.00000288. The number of halogens is 1. The summed E-state index contributed by atoms with van der Waals surface area (Å²) < 4.78 is 11.0. The first kappa shape index (κ1) is 20.9. The largest absolute Gasteiger partial charge is 0.384 e. The molecule has 1 heterocycles. The van der Waals surface area contributed by atoms with Gasteiger partial charge in [-0.2, -0.15) is 0 Å². The summed E-state index contributed by atoms with van der Waals surface area (Å²) in [5.41, 5.74) is 0.730. The molecule has 0 spiro atoms. The van der Waals surface area contributed by atoms with Crippen LogP contribution in [0.3, 0.4) is 0 Å². The number of hydrogen-bond acceptors (Lipinski definition) is 4. The average Bonchev–Trinajstić information content (AvgIpc) is 2.57. The molecule has 5 nitrogen and oxygen atoms in total. The van der Waals surface area contributed by atoms with Gasteiger partial charge in [0.2, 0.25) is 5.91 Å². The molecule has 1 fully saturated rings. The molecule has 1 aliphatic rings. The van der Waals surface area contributed by atoms with E-state index >= 15 is 0 Å². The van der Waals surface area contributed by atoms with Crippen molar-refractivity contribution < 1.29 is 14.3 Å². The van der Waals surface area contributed by atoms with Gasteiger partial charge in [0.25, 0.3) is 0 Å². The summed E-state index contributed by atoms with van der Waals surface area (Å²) in [5, 5.41) is 6.39. The van der Waals surface area contributed by atoms with Crippen LogP contribution in [0.5, 0.6) is 0 Å². The first-order valence-corrected chi connectivity index (χ1v) is 8.28. The molecule has 2 N–H and O–H groups in total. The summed E-state index contributed by atoms with van der Waals surface area (Å²) in [6.07, 6.45) is 1.62. The number of rotatable bonds is 8. The van der Waals surface area contributed by atoms with E-state index in [0.29, 0.717) is 19.8 Å². The molecule has 6 heteroatoms. The molecular formula is C18H29ClN2O3. The third kappa shape index (κ3) is 6.06. The van der Waals surface area contributed by atoms with Crippen molar-refractivity contribution in [1.29, 1.82) is 0 Å². The fourth-order valence-corrected chi connectivity index (χ4v) is 2.96. The van der Waals surface area contributed by atoms with Gasteiger partial charge in [0.05, 0.1) is 25.2 Å². The lowest BCUT2D eigenvalue weighted by Gasteiger charge is -2.36. The van der Waals surface area contributed by atoms with Gasteiger partial charge in [0, 0.05) is 13.2 Å². The number of carbonyl (C=O) groups excluding carboxylic acids is 1. The van der Waals surface area contributed by atoms with Crippen LogP contribution in [-0.2, 0) is 20.9 Å². The maximum atomic E-state index is 12.7. The Hall–Kier alpha value is -1.14. The van der Waals surface area contributed by atoms with E-state index < -0.39 is 5.41 Å². The lowest BCUT2D eigenvalue weighted by Crippen LogP contribution is -2.52. The molecular weight excluding hydrogens is 328 g/mol. The Morgan fingerprint density at radius 1 is 1.29 bits per heavy atom. The number of benzene rings is 1. The summed E-state index contributed by atoms with van der Waals surface area (Å²) in [5.74, 6) is 0.0802. The number of amides is 1. The molecule has 1 aromatic carbocycles. The van der Waals surface area contributed by atoms with E-state index in [0.717, 1.165) is 31.5 Å². The molecule has 1 atom stereocenters. The molecule has 1 aliphatic heterocycles. The van der Waals surface area contributed by atoms with Crippen molar-refractivity contribution in [2.75, 3.05) is 33.4 Å². The predicted molar refractivity (Wildman–Crippen MR) is 97.4 cm³/mol. The molecule has 0 radical (unpaired) electrons. The van der Waals surface area contributed by atoms with Crippen LogP contribution >= 0.6 is 12.4 Å². The van der Waals surface area contributed by atoms with Crippen molar-refractivity contribution in [3.8, 4) is 0 Å². The average molecular weight is 357 g/mol. The Labute approximate surface area is 150 Å². The van der Waals surface area contributed by atoms with E-state index in [9.17, 15) is 4.79 Å².